The van der Waals surface area contributed by atoms with E-state index in [1.807, 2.05) is 0 Å². The number of hydrogen-bond donors (Lipinski definition) is 0. The van der Waals surface area contributed by atoms with E-state index in [1.54, 1.807) is 0 Å². The van der Waals surface area contributed by atoms with E-state index in [0.717, 1.165) is 12.1 Å². The molecule has 0 radical (unpaired) electrons. The zero-order chi connectivity index (χ0) is 13.9. The molecule has 0 aliphatic rings. The van der Waals surface area contributed by atoms with Gasteiger partial charge in [0.2, 0.25) is 9.05 Å². The van der Waals surface area contributed by atoms with Gasteiger partial charge in [0.15, 0.2) is 11.6 Å². The second kappa shape index (κ2) is 5.49. The third-order valence-electron chi connectivity index (χ3n) is 2.03. The number of rotatable bonds is 5. The predicted molar refractivity (Wildman–Crippen MR) is 62.9 cm³/mol. The van der Waals surface area contributed by atoms with Gasteiger partial charge in [-0.2, -0.15) is 0 Å². The summed E-state index contributed by atoms with van der Waals surface area (Å²) < 4.78 is 39.5. The normalized spacial score (nSPS) is 11.3. The van der Waals surface area contributed by atoms with Gasteiger partial charge in [-0.15, -0.1) is 0 Å². The monoisotopic (exact) mass is 297 g/mol. The van der Waals surface area contributed by atoms with Crippen molar-refractivity contribution in [3.8, 4) is 5.75 Å². The first kappa shape index (κ1) is 14.7. The third kappa shape index (κ3) is 4.11. The maximum atomic E-state index is 13.4. The fraction of sp³-hybridized carbons (Fsp3) is 0.333. The quantitative estimate of drug-likeness (QED) is 0.471. The molecule has 0 heterocycles. The molecule has 0 aliphatic heterocycles. The summed E-state index contributed by atoms with van der Waals surface area (Å²) >= 11 is 0. The molecular formula is C9H9ClFNO5S. The molecule has 0 amide bonds. The molecule has 0 aromatic heterocycles. The van der Waals surface area contributed by atoms with E-state index < -0.39 is 25.5 Å². The summed E-state index contributed by atoms with van der Waals surface area (Å²) in [6, 6.07) is 1.86. The van der Waals surface area contributed by atoms with Gasteiger partial charge in [0.25, 0.3) is 5.69 Å². The van der Waals surface area contributed by atoms with E-state index in [4.69, 9.17) is 15.4 Å². The molecule has 0 atom stereocenters. The molecule has 0 N–H and O–H groups in total. The molecule has 1 rings (SSSR count). The molecule has 9 heteroatoms. The molecule has 0 bridgehead atoms. The predicted octanol–water partition coefficient (Wildman–Crippen LogP) is 1.99. The van der Waals surface area contributed by atoms with E-state index in [9.17, 15) is 22.9 Å². The Kier molecular flexibility index (Phi) is 4.47. The van der Waals surface area contributed by atoms with Crippen LogP contribution in [0.1, 0.15) is 5.56 Å². The highest BCUT2D eigenvalue weighted by Gasteiger charge is 2.16. The number of nitro groups is 1. The summed E-state index contributed by atoms with van der Waals surface area (Å²) in [6.45, 7) is 1.09. The van der Waals surface area contributed by atoms with Gasteiger partial charge in [-0.25, -0.2) is 12.8 Å². The van der Waals surface area contributed by atoms with E-state index in [1.165, 1.54) is 6.92 Å². The van der Waals surface area contributed by atoms with Gasteiger partial charge in [-0.3, -0.25) is 10.1 Å². The zero-order valence-corrected chi connectivity index (χ0v) is 10.8. The van der Waals surface area contributed by atoms with Crippen molar-refractivity contribution in [2.45, 2.75) is 6.92 Å². The summed E-state index contributed by atoms with van der Waals surface area (Å²) in [4.78, 5) is 9.82. The van der Waals surface area contributed by atoms with E-state index in [2.05, 4.69) is 0 Å². The van der Waals surface area contributed by atoms with Crippen molar-refractivity contribution in [2.75, 3.05) is 12.4 Å². The molecule has 1 aromatic carbocycles. The SMILES string of the molecule is Cc1cc(OCCS(=O)(=O)Cl)c(F)cc1[N+](=O)[O-]. The minimum absolute atomic E-state index is 0.213. The molecule has 6 nitrogen and oxygen atoms in total. The van der Waals surface area contributed by atoms with Crippen LogP contribution < -0.4 is 4.74 Å². The molecule has 0 fully saturated rings. The highest BCUT2D eigenvalue weighted by Crippen LogP contribution is 2.26. The van der Waals surface area contributed by atoms with E-state index in [0.29, 0.717) is 0 Å². The number of ether oxygens (including phenoxy) is 1. The zero-order valence-electron chi connectivity index (χ0n) is 9.22. The molecule has 0 spiro atoms. The first-order valence-corrected chi connectivity index (χ1v) is 7.18. The van der Waals surface area contributed by atoms with Gasteiger partial charge in [-0.05, 0) is 13.0 Å². The number of benzene rings is 1. The Morgan fingerprint density at radius 3 is 2.61 bits per heavy atom. The Balaban J connectivity index is 2.85. The Labute approximate surface area is 107 Å². The van der Waals surface area contributed by atoms with Crippen LogP contribution in [-0.4, -0.2) is 25.7 Å². The van der Waals surface area contributed by atoms with Crippen molar-refractivity contribution in [1.82, 2.24) is 0 Å². The molecule has 0 saturated carbocycles. The Morgan fingerprint density at radius 1 is 1.50 bits per heavy atom. The molecular weight excluding hydrogens is 289 g/mol. The minimum Gasteiger partial charge on any atom is -0.489 e. The van der Waals surface area contributed by atoms with Crippen LogP contribution in [0.5, 0.6) is 5.75 Å². The number of nitrogens with zero attached hydrogens (tertiary/aromatic N) is 1. The number of halogens is 2. The fourth-order valence-corrected chi connectivity index (χ4v) is 1.67. The second-order valence-electron chi connectivity index (χ2n) is 3.42. The van der Waals surface area contributed by atoms with Crippen LogP contribution >= 0.6 is 10.7 Å². The smallest absolute Gasteiger partial charge is 0.275 e. The number of nitro benzene ring substituents is 1. The fourth-order valence-electron chi connectivity index (χ4n) is 1.20. The van der Waals surface area contributed by atoms with Gasteiger partial charge in [0.05, 0.1) is 16.7 Å². The van der Waals surface area contributed by atoms with Crippen LogP contribution in [0.4, 0.5) is 10.1 Å². The average Bonchev–Trinajstić information content (AvgIpc) is 2.20. The first-order chi connectivity index (χ1) is 8.20. The minimum atomic E-state index is -3.72. The van der Waals surface area contributed by atoms with Crippen LogP contribution in [0.15, 0.2) is 12.1 Å². The van der Waals surface area contributed by atoms with Crippen molar-refractivity contribution in [1.29, 1.82) is 0 Å². The van der Waals surface area contributed by atoms with E-state index in [-0.39, 0.29) is 23.6 Å². The molecule has 0 unspecified atom stereocenters. The van der Waals surface area contributed by atoms with Gasteiger partial charge >= 0.3 is 0 Å². The topological polar surface area (TPSA) is 86.5 Å². The number of hydrogen-bond acceptors (Lipinski definition) is 5. The Hall–Kier alpha value is -1.41. The van der Waals surface area contributed by atoms with Crippen LogP contribution in [0.25, 0.3) is 0 Å². The molecule has 0 aliphatic carbocycles. The summed E-state index contributed by atoms with van der Waals surface area (Å²) in [5.74, 6) is -1.66. The Bertz CT molecular complexity index is 575. The van der Waals surface area contributed by atoms with Gasteiger partial charge < -0.3 is 4.74 Å². The van der Waals surface area contributed by atoms with Gasteiger partial charge in [-0.1, -0.05) is 0 Å². The van der Waals surface area contributed by atoms with Crippen molar-refractivity contribution < 1.29 is 22.5 Å². The van der Waals surface area contributed by atoms with Crippen LogP contribution in [0.2, 0.25) is 0 Å². The standard InChI is InChI=1S/C9H9ClFNO5S/c1-6-4-9(17-2-3-18(10,15)16)7(11)5-8(6)12(13)14/h4-5H,2-3H2,1H3. The molecule has 0 saturated heterocycles. The molecule has 18 heavy (non-hydrogen) atoms. The highest BCUT2D eigenvalue weighted by molar-refractivity contribution is 8.13. The number of aryl methyl sites for hydroxylation is 1. The summed E-state index contributed by atoms with van der Waals surface area (Å²) in [5.41, 5.74) is -0.157. The van der Waals surface area contributed by atoms with Crippen LogP contribution in [-0.2, 0) is 9.05 Å². The lowest BCUT2D eigenvalue weighted by Crippen LogP contribution is -2.10. The lowest BCUT2D eigenvalue weighted by molar-refractivity contribution is -0.385. The van der Waals surface area contributed by atoms with Crippen molar-refractivity contribution in [3.63, 3.8) is 0 Å². The van der Waals surface area contributed by atoms with Crippen molar-refractivity contribution >= 4 is 25.4 Å². The first-order valence-electron chi connectivity index (χ1n) is 4.70. The van der Waals surface area contributed by atoms with Gasteiger partial charge in [0.1, 0.15) is 6.61 Å². The second-order valence-corrected chi connectivity index (χ2v) is 6.31. The largest absolute Gasteiger partial charge is 0.489 e. The van der Waals surface area contributed by atoms with E-state index >= 15 is 0 Å². The maximum Gasteiger partial charge on any atom is 0.275 e. The highest BCUT2D eigenvalue weighted by atomic mass is 35.7. The van der Waals surface area contributed by atoms with Crippen LogP contribution in [0.3, 0.4) is 0 Å². The Morgan fingerprint density at radius 2 is 2.11 bits per heavy atom. The lowest BCUT2D eigenvalue weighted by Gasteiger charge is -2.07. The summed E-state index contributed by atoms with van der Waals surface area (Å²) in [5, 5.41) is 10.5. The molecule has 1 aromatic rings. The van der Waals surface area contributed by atoms with Crippen molar-refractivity contribution in [2.24, 2.45) is 0 Å². The third-order valence-corrected chi connectivity index (χ3v) is 3.15. The average molecular weight is 298 g/mol. The van der Waals surface area contributed by atoms with Crippen molar-refractivity contribution in [3.05, 3.63) is 33.6 Å². The lowest BCUT2D eigenvalue weighted by atomic mass is 10.2. The van der Waals surface area contributed by atoms with Crippen LogP contribution in [0, 0.1) is 22.9 Å². The van der Waals surface area contributed by atoms with Gasteiger partial charge in [0, 0.05) is 16.2 Å². The maximum absolute atomic E-state index is 13.4. The summed E-state index contributed by atoms with van der Waals surface area (Å²) in [6.07, 6.45) is 0. The molecule has 100 valence electrons. The summed E-state index contributed by atoms with van der Waals surface area (Å²) in [7, 11) is 1.22.